The molecule has 3 heterocycles. The van der Waals surface area contributed by atoms with Gasteiger partial charge in [0.15, 0.2) is 0 Å². The fourth-order valence-corrected chi connectivity index (χ4v) is 3.72. The fourth-order valence-electron chi connectivity index (χ4n) is 3.72. The molecule has 1 saturated heterocycles. The third kappa shape index (κ3) is 3.63. The van der Waals surface area contributed by atoms with Crippen LogP contribution in [0.1, 0.15) is 30.1 Å². The molecule has 0 radical (unpaired) electrons. The molecule has 3 aromatic rings. The van der Waals surface area contributed by atoms with Crippen molar-refractivity contribution < 1.29 is 4.39 Å². The third-order valence-corrected chi connectivity index (χ3v) is 5.10. The molecule has 0 amide bonds. The Balaban J connectivity index is 1.51. The molecule has 27 heavy (non-hydrogen) atoms. The van der Waals surface area contributed by atoms with E-state index in [4.69, 9.17) is 0 Å². The topological polar surface area (TPSA) is 69.7 Å². The van der Waals surface area contributed by atoms with Crippen LogP contribution in [0.4, 0.5) is 16.2 Å². The molecule has 0 atom stereocenters. The van der Waals surface area contributed by atoms with E-state index in [1.165, 1.54) is 6.07 Å². The summed E-state index contributed by atoms with van der Waals surface area (Å²) in [7, 11) is 1.83. The summed E-state index contributed by atoms with van der Waals surface area (Å²) < 4.78 is 13.6. The molecule has 1 aliphatic rings. The summed E-state index contributed by atoms with van der Waals surface area (Å²) in [6.07, 6.45) is 3.77. The Morgan fingerprint density at radius 2 is 2.00 bits per heavy atom. The lowest BCUT2D eigenvalue weighted by molar-refractivity contribution is 0.493. The van der Waals surface area contributed by atoms with Crippen molar-refractivity contribution in [3.63, 3.8) is 0 Å². The van der Waals surface area contributed by atoms with E-state index in [-0.39, 0.29) is 5.82 Å². The maximum atomic E-state index is 13.6. The molecule has 2 N–H and O–H groups in total. The Morgan fingerprint density at radius 3 is 2.74 bits per heavy atom. The predicted molar refractivity (Wildman–Crippen MR) is 104 cm³/mol. The quantitative estimate of drug-likeness (QED) is 0.736. The van der Waals surface area contributed by atoms with Crippen LogP contribution < -0.4 is 10.2 Å². The second kappa shape index (κ2) is 7.34. The number of hydrogen-bond donors (Lipinski definition) is 2. The number of aromatic nitrogens is 4. The number of nitrogens with zero attached hydrogens (tertiary/aromatic N) is 4. The number of H-pyrrole nitrogens is 1. The Hall–Kier alpha value is -2.96. The van der Waals surface area contributed by atoms with Gasteiger partial charge >= 0.3 is 0 Å². The second-order valence-electron chi connectivity index (χ2n) is 6.91. The minimum Gasteiger partial charge on any atom is -0.357 e. The zero-order valence-corrected chi connectivity index (χ0v) is 15.5. The monoisotopic (exact) mass is 366 g/mol. The van der Waals surface area contributed by atoms with Crippen LogP contribution in [-0.4, -0.2) is 40.3 Å². The van der Waals surface area contributed by atoms with Gasteiger partial charge in [-0.3, -0.25) is 5.10 Å². The lowest BCUT2D eigenvalue weighted by Crippen LogP contribution is -2.34. The highest BCUT2D eigenvalue weighted by atomic mass is 19.1. The fraction of sp³-hybridized carbons (Fsp3) is 0.350. The molecule has 4 rings (SSSR count). The Labute approximate surface area is 157 Å². The lowest BCUT2D eigenvalue weighted by atomic mass is 9.89. The smallest absolute Gasteiger partial charge is 0.224 e. The van der Waals surface area contributed by atoms with Crippen molar-refractivity contribution in [3.05, 3.63) is 53.7 Å². The van der Waals surface area contributed by atoms with Gasteiger partial charge in [-0.1, -0.05) is 12.1 Å². The summed E-state index contributed by atoms with van der Waals surface area (Å²) in [5.41, 5.74) is 3.90. The maximum absolute atomic E-state index is 13.6. The summed E-state index contributed by atoms with van der Waals surface area (Å²) in [5.74, 6) is 1.75. The van der Waals surface area contributed by atoms with Crippen LogP contribution in [0.25, 0.3) is 11.1 Å². The van der Waals surface area contributed by atoms with E-state index in [1.807, 2.05) is 26.1 Å². The van der Waals surface area contributed by atoms with Crippen molar-refractivity contribution >= 4 is 11.8 Å². The number of halogens is 1. The first kappa shape index (κ1) is 17.5. The summed E-state index contributed by atoms with van der Waals surface area (Å²) in [6, 6.07) is 8.71. The second-order valence-corrected chi connectivity index (χ2v) is 6.91. The first-order chi connectivity index (χ1) is 13.1. The van der Waals surface area contributed by atoms with Gasteiger partial charge in [-0.05, 0) is 37.5 Å². The molecule has 140 valence electrons. The minimum absolute atomic E-state index is 0.228. The maximum Gasteiger partial charge on any atom is 0.224 e. The number of benzene rings is 1. The van der Waals surface area contributed by atoms with E-state index in [2.05, 4.69) is 30.4 Å². The minimum atomic E-state index is -0.228. The number of aryl methyl sites for hydroxylation is 1. The Morgan fingerprint density at radius 1 is 1.19 bits per heavy atom. The van der Waals surface area contributed by atoms with E-state index in [1.54, 1.807) is 18.3 Å². The molecule has 2 aromatic heterocycles. The predicted octanol–water partition coefficient (Wildman–Crippen LogP) is 3.74. The molecule has 1 fully saturated rings. The number of anilines is 2. The molecule has 7 heteroatoms. The third-order valence-electron chi connectivity index (χ3n) is 5.10. The van der Waals surface area contributed by atoms with Gasteiger partial charge in [0.1, 0.15) is 11.6 Å². The van der Waals surface area contributed by atoms with Gasteiger partial charge in [0.25, 0.3) is 0 Å². The van der Waals surface area contributed by atoms with E-state index >= 15 is 0 Å². The zero-order valence-electron chi connectivity index (χ0n) is 15.5. The van der Waals surface area contributed by atoms with Gasteiger partial charge in [0, 0.05) is 49.1 Å². The van der Waals surface area contributed by atoms with Gasteiger partial charge in [0.2, 0.25) is 5.95 Å². The number of hydrogen-bond acceptors (Lipinski definition) is 5. The van der Waals surface area contributed by atoms with Crippen molar-refractivity contribution in [1.29, 1.82) is 0 Å². The van der Waals surface area contributed by atoms with Crippen LogP contribution in [0.2, 0.25) is 0 Å². The number of nitrogens with one attached hydrogen (secondary N) is 2. The van der Waals surface area contributed by atoms with Crippen molar-refractivity contribution in [2.24, 2.45) is 0 Å². The SMILES string of the molecule is CNc1nc(C)cc(N2CCC(c3[nH]ncc3-c3cccc(F)c3)CC2)n1. The van der Waals surface area contributed by atoms with E-state index in [0.717, 1.165) is 54.3 Å². The average Bonchev–Trinajstić information content (AvgIpc) is 3.17. The number of piperidine rings is 1. The standard InChI is InChI=1S/C20H23FN6/c1-13-10-18(25-20(22-2)24-13)27-8-6-14(7-9-27)19-17(12-23-26-19)15-4-3-5-16(21)11-15/h3-5,10-12,14H,6-9H2,1-2H3,(H,23,26)(H,22,24,25). The molecule has 0 bridgehead atoms. The molecular formula is C20H23FN6. The van der Waals surface area contributed by atoms with E-state index < -0.39 is 0 Å². The van der Waals surface area contributed by atoms with Crippen LogP contribution >= 0.6 is 0 Å². The first-order valence-electron chi connectivity index (χ1n) is 9.21. The summed E-state index contributed by atoms with van der Waals surface area (Å²) in [6.45, 7) is 3.80. The molecule has 0 aliphatic carbocycles. The van der Waals surface area contributed by atoms with Crippen LogP contribution in [0.5, 0.6) is 0 Å². The molecular weight excluding hydrogens is 343 g/mol. The molecule has 1 aliphatic heterocycles. The number of aromatic amines is 1. The van der Waals surface area contributed by atoms with Crippen molar-refractivity contribution in [2.75, 3.05) is 30.4 Å². The molecule has 6 nitrogen and oxygen atoms in total. The van der Waals surface area contributed by atoms with Gasteiger partial charge in [-0.2, -0.15) is 10.1 Å². The molecule has 1 aromatic carbocycles. The van der Waals surface area contributed by atoms with Crippen molar-refractivity contribution in [2.45, 2.75) is 25.7 Å². The zero-order chi connectivity index (χ0) is 18.8. The average molecular weight is 366 g/mol. The summed E-state index contributed by atoms with van der Waals surface area (Å²) >= 11 is 0. The normalized spacial score (nSPS) is 15.1. The highest BCUT2D eigenvalue weighted by Gasteiger charge is 2.25. The highest BCUT2D eigenvalue weighted by molar-refractivity contribution is 5.66. The van der Waals surface area contributed by atoms with Gasteiger partial charge in [0.05, 0.1) is 6.20 Å². The van der Waals surface area contributed by atoms with Gasteiger partial charge in [-0.15, -0.1) is 0 Å². The van der Waals surface area contributed by atoms with Gasteiger partial charge < -0.3 is 10.2 Å². The van der Waals surface area contributed by atoms with Crippen LogP contribution in [0.3, 0.4) is 0 Å². The van der Waals surface area contributed by atoms with E-state index in [9.17, 15) is 4.39 Å². The van der Waals surface area contributed by atoms with Crippen molar-refractivity contribution in [3.8, 4) is 11.1 Å². The lowest BCUT2D eigenvalue weighted by Gasteiger charge is -2.33. The first-order valence-corrected chi connectivity index (χ1v) is 9.21. The van der Waals surface area contributed by atoms with Crippen molar-refractivity contribution in [1.82, 2.24) is 20.2 Å². The summed E-state index contributed by atoms with van der Waals surface area (Å²) in [4.78, 5) is 11.2. The van der Waals surface area contributed by atoms with Crippen LogP contribution in [0.15, 0.2) is 36.5 Å². The Kier molecular flexibility index (Phi) is 4.75. The molecule has 0 spiro atoms. The highest BCUT2D eigenvalue weighted by Crippen LogP contribution is 2.35. The van der Waals surface area contributed by atoms with Crippen LogP contribution in [0, 0.1) is 12.7 Å². The summed E-state index contributed by atoms with van der Waals surface area (Å²) in [5, 5.41) is 10.4. The van der Waals surface area contributed by atoms with Crippen LogP contribution in [-0.2, 0) is 0 Å². The number of rotatable bonds is 4. The molecule has 0 saturated carbocycles. The van der Waals surface area contributed by atoms with E-state index in [0.29, 0.717) is 11.9 Å². The largest absolute Gasteiger partial charge is 0.357 e. The molecule has 0 unspecified atom stereocenters. The van der Waals surface area contributed by atoms with Gasteiger partial charge in [-0.25, -0.2) is 9.37 Å². The Bertz CT molecular complexity index is 930.